The lowest BCUT2D eigenvalue weighted by atomic mass is 10.2. The zero-order valence-corrected chi connectivity index (χ0v) is 22.1. The van der Waals surface area contributed by atoms with E-state index in [2.05, 4.69) is 42.7 Å². The standard InChI is InChI=1S/C27H25ClN6O3S/c1-2-29-27(35)37-20-11-17(31-14-20)6-8-21-13-22-25(32-16-33-26(22)38-21)34-18-7-9-24(23(28)12-18)36-15-19-5-3-4-10-30-19/h3-5,7,9-10,12-13,16-17,20,31H,2,11,14-15H2,1H3,(H,29,35)(H,32,33,34). The van der Waals surface area contributed by atoms with E-state index < -0.39 is 6.09 Å². The van der Waals surface area contributed by atoms with Gasteiger partial charge in [-0.2, -0.15) is 0 Å². The quantitative estimate of drug-likeness (QED) is 0.280. The van der Waals surface area contributed by atoms with E-state index in [1.807, 2.05) is 43.3 Å². The molecular formula is C27H25ClN6O3S. The van der Waals surface area contributed by atoms with E-state index in [1.54, 1.807) is 12.3 Å². The van der Waals surface area contributed by atoms with Crippen LogP contribution in [0, 0.1) is 11.8 Å². The molecule has 11 heteroatoms. The Morgan fingerprint density at radius 1 is 1.24 bits per heavy atom. The van der Waals surface area contributed by atoms with E-state index in [9.17, 15) is 4.79 Å². The van der Waals surface area contributed by atoms with Crippen molar-refractivity contribution in [3.05, 3.63) is 70.6 Å². The van der Waals surface area contributed by atoms with Crippen molar-refractivity contribution in [2.24, 2.45) is 0 Å². The van der Waals surface area contributed by atoms with Crippen molar-refractivity contribution in [3.8, 4) is 17.6 Å². The third-order valence-corrected chi connectivity index (χ3v) is 6.93. The van der Waals surface area contributed by atoms with Crippen LogP contribution < -0.4 is 20.7 Å². The minimum absolute atomic E-state index is 0.0520. The largest absolute Gasteiger partial charge is 0.486 e. The van der Waals surface area contributed by atoms with Crippen LogP contribution in [0.4, 0.5) is 16.3 Å². The predicted molar refractivity (Wildman–Crippen MR) is 148 cm³/mol. The number of halogens is 1. The molecule has 4 aromatic rings. The molecule has 194 valence electrons. The predicted octanol–water partition coefficient (Wildman–Crippen LogP) is 4.89. The molecule has 2 unspecified atom stereocenters. The topological polar surface area (TPSA) is 110 Å². The first-order chi connectivity index (χ1) is 18.6. The van der Waals surface area contributed by atoms with Gasteiger partial charge in [0.1, 0.15) is 35.4 Å². The minimum atomic E-state index is -0.399. The van der Waals surface area contributed by atoms with Gasteiger partial charge in [0, 0.05) is 31.4 Å². The van der Waals surface area contributed by atoms with Crippen LogP contribution in [0.15, 0.2) is 55.0 Å². The van der Waals surface area contributed by atoms with Crippen molar-refractivity contribution in [1.82, 2.24) is 25.6 Å². The van der Waals surface area contributed by atoms with Crippen LogP contribution in [0.1, 0.15) is 23.9 Å². The van der Waals surface area contributed by atoms with Crippen molar-refractivity contribution in [2.45, 2.75) is 32.1 Å². The summed E-state index contributed by atoms with van der Waals surface area (Å²) in [6, 6.07) is 13.1. The zero-order valence-electron chi connectivity index (χ0n) is 20.5. The number of nitrogens with zero attached hydrogens (tertiary/aromatic N) is 3. The second-order valence-corrected chi connectivity index (χ2v) is 9.89. The van der Waals surface area contributed by atoms with Crippen molar-refractivity contribution < 1.29 is 14.3 Å². The molecule has 38 heavy (non-hydrogen) atoms. The SMILES string of the molecule is CCNC(=O)OC1CNC(C#Cc2cc3c(Nc4ccc(OCc5ccccn5)c(Cl)c4)ncnc3s2)C1. The van der Waals surface area contributed by atoms with E-state index >= 15 is 0 Å². The fourth-order valence-electron chi connectivity index (χ4n) is 3.88. The monoisotopic (exact) mass is 548 g/mol. The number of rotatable bonds is 7. The van der Waals surface area contributed by atoms with E-state index in [1.165, 1.54) is 17.7 Å². The highest BCUT2D eigenvalue weighted by Gasteiger charge is 2.25. The van der Waals surface area contributed by atoms with Crippen LogP contribution >= 0.6 is 22.9 Å². The van der Waals surface area contributed by atoms with Gasteiger partial charge in [0.25, 0.3) is 0 Å². The third kappa shape index (κ3) is 6.50. The van der Waals surface area contributed by atoms with Gasteiger partial charge in [-0.3, -0.25) is 10.3 Å². The number of carbonyl (C=O) groups excluding carboxylic acids is 1. The molecule has 0 aliphatic carbocycles. The van der Waals surface area contributed by atoms with E-state index in [0.29, 0.717) is 42.7 Å². The molecule has 1 saturated heterocycles. The van der Waals surface area contributed by atoms with Gasteiger partial charge in [0.05, 0.1) is 27.0 Å². The molecule has 9 nitrogen and oxygen atoms in total. The number of aromatic nitrogens is 3. The first-order valence-corrected chi connectivity index (χ1v) is 13.3. The van der Waals surface area contributed by atoms with Crippen LogP contribution in [-0.2, 0) is 11.3 Å². The normalized spacial score (nSPS) is 16.5. The smallest absolute Gasteiger partial charge is 0.407 e. The highest BCUT2D eigenvalue weighted by molar-refractivity contribution is 7.19. The number of benzene rings is 1. The second-order valence-electron chi connectivity index (χ2n) is 8.46. The van der Waals surface area contributed by atoms with Gasteiger partial charge >= 0.3 is 6.09 Å². The molecule has 1 aliphatic rings. The Kier molecular flexibility index (Phi) is 8.19. The molecule has 1 aliphatic heterocycles. The summed E-state index contributed by atoms with van der Waals surface area (Å²) >= 11 is 7.96. The Bertz CT molecular complexity index is 1490. The first kappa shape index (κ1) is 25.7. The Morgan fingerprint density at radius 2 is 2.16 bits per heavy atom. The summed E-state index contributed by atoms with van der Waals surface area (Å²) in [4.78, 5) is 26.4. The summed E-state index contributed by atoms with van der Waals surface area (Å²) in [6.45, 7) is 3.30. The van der Waals surface area contributed by atoms with Crippen molar-refractivity contribution in [2.75, 3.05) is 18.4 Å². The molecular weight excluding hydrogens is 524 g/mol. The second kappa shape index (κ2) is 12.1. The van der Waals surface area contributed by atoms with Gasteiger partial charge in [0.15, 0.2) is 0 Å². The number of ether oxygens (including phenoxy) is 2. The van der Waals surface area contributed by atoms with E-state index in [-0.39, 0.29) is 12.1 Å². The summed E-state index contributed by atoms with van der Waals surface area (Å²) in [7, 11) is 0. The molecule has 0 radical (unpaired) electrons. The minimum Gasteiger partial charge on any atom is -0.486 e. The fourth-order valence-corrected chi connectivity index (χ4v) is 4.98. The average molecular weight is 549 g/mol. The summed E-state index contributed by atoms with van der Waals surface area (Å²) in [5.41, 5.74) is 1.59. The van der Waals surface area contributed by atoms with E-state index in [4.69, 9.17) is 21.1 Å². The maximum Gasteiger partial charge on any atom is 0.407 e. The van der Waals surface area contributed by atoms with Crippen molar-refractivity contribution in [1.29, 1.82) is 0 Å². The highest BCUT2D eigenvalue weighted by Crippen LogP contribution is 2.33. The number of thiophene rings is 1. The van der Waals surface area contributed by atoms with Crippen LogP contribution in [0.5, 0.6) is 5.75 Å². The average Bonchev–Trinajstić information content (AvgIpc) is 3.55. The van der Waals surface area contributed by atoms with Gasteiger partial charge in [-0.15, -0.1) is 11.3 Å². The number of anilines is 2. The van der Waals surface area contributed by atoms with Crippen LogP contribution in [0.3, 0.4) is 0 Å². The number of fused-ring (bicyclic) bond motifs is 1. The van der Waals surface area contributed by atoms with E-state index in [0.717, 1.165) is 26.5 Å². The van der Waals surface area contributed by atoms with Crippen molar-refractivity contribution in [3.63, 3.8) is 0 Å². The number of alkyl carbamates (subject to hydrolysis) is 1. The lowest BCUT2D eigenvalue weighted by molar-refractivity contribution is 0.107. The molecule has 4 heterocycles. The highest BCUT2D eigenvalue weighted by atomic mass is 35.5. The Hall–Kier alpha value is -3.91. The Labute approximate surface area is 229 Å². The van der Waals surface area contributed by atoms with Gasteiger partial charge < -0.3 is 20.1 Å². The van der Waals surface area contributed by atoms with Gasteiger partial charge in [0.2, 0.25) is 0 Å². The summed E-state index contributed by atoms with van der Waals surface area (Å²) in [5, 5.41) is 10.6. The Balaban J connectivity index is 1.24. The number of nitrogens with one attached hydrogen (secondary N) is 3. The third-order valence-electron chi connectivity index (χ3n) is 5.68. The molecule has 0 saturated carbocycles. The molecule has 0 bridgehead atoms. The summed E-state index contributed by atoms with van der Waals surface area (Å²) in [6.07, 6.45) is 3.30. The van der Waals surface area contributed by atoms with Crippen LogP contribution in [-0.4, -0.2) is 46.3 Å². The van der Waals surface area contributed by atoms with Crippen LogP contribution in [0.25, 0.3) is 10.2 Å². The number of carbonyl (C=O) groups is 1. The molecule has 1 aromatic carbocycles. The summed E-state index contributed by atoms with van der Waals surface area (Å²) < 4.78 is 11.2. The Morgan fingerprint density at radius 3 is 2.97 bits per heavy atom. The summed E-state index contributed by atoms with van der Waals surface area (Å²) in [5.74, 6) is 7.69. The lowest BCUT2D eigenvalue weighted by Crippen LogP contribution is -2.29. The molecule has 0 spiro atoms. The van der Waals surface area contributed by atoms with Gasteiger partial charge in [-0.25, -0.2) is 14.8 Å². The number of amides is 1. The molecule has 3 aromatic heterocycles. The number of pyridine rings is 1. The fraction of sp³-hybridized carbons (Fsp3) is 0.259. The van der Waals surface area contributed by atoms with Crippen molar-refractivity contribution >= 4 is 50.8 Å². The maximum absolute atomic E-state index is 11.6. The zero-order chi connectivity index (χ0) is 26.3. The lowest BCUT2D eigenvalue weighted by Gasteiger charge is -2.11. The van der Waals surface area contributed by atoms with Gasteiger partial charge in [-0.1, -0.05) is 29.5 Å². The molecule has 2 atom stereocenters. The number of hydrogen-bond acceptors (Lipinski definition) is 9. The molecule has 3 N–H and O–H groups in total. The molecule has 5 rings (SSSR count). The molecule has 1 fully saturated rings. The van der Waals surface area contributed by atoms with Crippen LogP contribution in [0.2, 0.25) is 5.02 Å². The van der Waals surface area contributed by atoms with Gasteiger partial charge in [-0.05, 0) is 43.3 Å². The first-order valence-electron chi connectivity index (χ1n) is 12.1. The number of hydrogen-bond donors (Lipinski definition) is 3. The maximum atomic E-state index is 11.6. The molecule has 1 amide bonds.